The lowest BCUT2D eigenvalue weighted by Gasteiger charge is -2.35. The van der Waals surface area contributed by atoms with Gasteiger partial charge in [-0.25, -0.2) is 0 Å². The zero-order valence-electron chi connectivity index (χ0n) is 5.48. The number of nitrogens with one attached hydrogen (secondary N) is 1. The van der Waals surface area contributed by atoms with Gasteiger partial charge < -0.3 is 9.84 Å². The standard InChI is InChI=1S/C6H11NO2/c1-9-5(7)6(8)3-2-4-6/h7-8H,2-4H2,1H3. The molecule has 0 spiro atoms. The van der Waals surface area contributed by atoms with E-state index in [0.29, 0.717) is 12.8 Å². The summed E-state index contributed by atoms with van der Waals surface area (Å²) in [6.07, 6.45) is 2.36. The second kappa shape index (κ2) is 1.99. The molecule has 1 saturated carbocycles. The third-order valence-electron chi connectivity index (χ3n) is 1.81. The Balaban J connectivity index is 2.49. The number of hydrogen-bond donors (Lipinski definition) is 2. The van der Waals surface area contributed by atoms with Gasteiger partial charge in [0.05, 0.1) is 7.11 Å². The summed E-state index contributed by atoms with van der Waals surface area (Å²) in [6.45, 7) is 0. The van der Waals surface area contributed by atoms with Crippen molar-refractivity contribution < 1.29 is 9.84 Å². The molecule has 3 nitrogen and oxygen atoms in total. The Labute approximate surface area is 54.2 Å². The molecule has 0 aromatic carbocycles. The molecule has 1 rings (SSSR count). The van der Waals surface area contributed by atoms with Crippen molar-refractivity contribution in [3.05, 3.63) is 0 Å². The molecule has 0 radical (unpaired) electrons. The molecule has 0 aromatic rings. The molecule has 2 N–H and O–H groups in total. The molecule has 1 fully saturated rings. The second-order valence-electron chi connectivity index (χ2n) is 2.42. The van der Waals surface area contributed by atoms with Gasteiger partial charge in [-0.3, -0.25) is 5.41 Å². The number of methoxy groups -OCH3 is 1. The van der Waals surface area contributed by atoms with Crippen LogP contribution in [0.25, 0.3) is 0 Å². The number of aliphatic hydroxyl groups is 1. The second-order valence-corrected chi connectivity index (χ2v) is 2.42. The van der Waals surface area contributed by atoms with Crippen molar-refractivity contribution >= 4 is 5.90 Å². The Bertz CT molecular complexity index is 129. The first-order valence-corrected chi connectivity index (χ1v) is 3.04. The Morgan fingerprint density at radius 2 is 2.22 bits per heavy atom. The molecule has 0 saturated heterocycles. The summed E-state index contributed by atoms with van der Waals surface area (Å²) in [5.74, 6) is 0.00810. The molecular weight excluding hydrogens is 118 g/mol. The predicted octanol–water partition coefficient (Wildman–Crippen LogP) is 0.525. The Morgan fingerprint density at radius 1 is 1.67 bits per heavy atom. The molecule has 3 heteroatoms. The SMILES string of the molecule is COC(=N)C1(O)CCC1. The first-order valence-electron chi connectivity index (χ1n) is 3.04. The maximum Gasteiger partial charge on any atom is 0.213 e. The van der Waals surface area contributed by atoms with Crippen molar-refractivity contribution in [2.45, 2.75) is 24.9 Å². The lowest BCUT2D eigenvalue weighted by molar-refractivity contribution is 0.0128. The van der Waals surface area contributed by atoms with Gasteiger partial charge in [0.25, 0.3) is 0 Å². The quantitative estimate of drug-likeness (QED) is 0.400. The zero-order chi connectivity index (χ0) is 6.91. The fourth-order valence-electron chi connectivity index (χ4n) is 0.929. The highest BCUT2D eigenvalue weighted by Crippen LogP contribution is 2.32. The summed E-state index contributed by atoms with van der Waals surface area (Å²) >= 11 is 0. The lowest BCUT2D eigenvalue weighted by Crippen LogP contribution is -2.45. The van der Waals surface area contributed by atoms with Crippen LogP contribution in [0.5, 0.6) is 0 Å². The highest BCUT2D eigenvalue weighted by molar-refractivity contribution is 5.82. The van der Waals surface area contributed by atoms with E-state index in [1.165, 1.54) is 7.11 Å². The summed E-state index contributed by atoms with van der Waals surface area (Å²) in [5.41, 5.74) is -0.908. The Hall–Kier alpha value is -0.570. The normalized spacial score (nSPS) is 22.4. The first-order chi connectivity index (χ1) is 4.19. The van der Waals surface area contributed by atoms with E-state index in [1.54, 1.807) is 0 Å². The van der Waals surface area contributed by atoms with Gasteiger partial charge in [0, 0.05) is 0 Å². The zero-order valence-corrected chi connectivity index (χ0v) is 5.48. The fraction of sp³-hybridized carbons (Fsp3) is 0.833. The summed E-state index contributed by atoms with van der Waals surface area (Å²) in [4.78, 5) is 0. The smallest absolute Gasteiger partial charge is 0.213 e. The van der Waals surface area contributed by atoms with Gasteiger partial charge in [0.2, 0.25) is 5.90 Å². The van der Waals surface area contributed by atoms with Gasteiger partial charge in [-0.15, -0.1) is 0 Å². The lowest BCUT2D eigenvalue weighted by atomic mass is 9.80. The van der Waals surface area contributed by atoms with Crippen LogP contribution in [0.4, 0.5) is 0 Å². The van der Waals surface area contributed by atoms with Crippen molar-refractivity contribution in [1.82, 2.24) is 0 Å². The monoisotopic (exact) mass is 129 g/mol. The molecule has 9 heavy (non-hydrogen) atoms. The maximum atomic E-state index is 9.33. The number of ether oxygens (including phenoxy) is 1. The van der Waals surface area contributed by atoms with Crippen LogP contribution >= 0.6 is 0 Å². The van der Waals surface area contributed by atoms with Gasteiger partial charge in [0.15, 0.2) is 0 Å². The van der Waals surface area contributed by atoms with E-state index in [0.717, 1.165) is 6.42 Å². The third-order valence-corrected chi connectivity index (χ3v) is 1.81. The topological polar surface area (TPSA) is 53.3 Å². The third kappa shape index (κ3) is 0.920. The maximum absolute atomic E-state index is 9.33. The van der Waals surface area contributed by atoms with Crippen LogP contribution in [0.3, 0.4) is 0 Å². The predicted molar refractivity (Wildman–Crippen MR) is 33.5 cm³/mol. The van der Waals surface area contributed by atoms with Crippen LogP contribution in [0.15, 0.2) is 0 Å². The van der Waals surface area contributed by atoms with E-state index >= 15 is 0 Å². The molecule has 0 amide bonds. The van der Waals surface area contributed by atoms with Crippen molar-refractivity contribution in [3.8, 4) is 0 Å². The Kier molecular flexibility index (Phi) is 1.45. The largest absolute Gasteiger partial charge is 0.482 e. The van der Waals surface area contributed by atoms with Crippen LogP contribution in [-0.4, -0.2) is 23.7 Å². The van der Waals surface area contributed by atoms with Crippen molar-refractivity contribution in [1.29, 1.82) is 5.41 Å². The van der Waals surface area contributed by atoms with Gasteiger partial charge in [-0.05, 0) is 19.3 Å². The number of hydrogen-bond acceptors (Lipinski definition) is 3. The summed E-state index contributed by atoms with van der Waals surface area (Å²) in [5, 5.41) is 16.4. The molecule has 0 bridgehead atoms. The van der Waals surface area contributed by atoms with Crippen molar-refractivity contribution in [2.75, 3.05) is 7.11 Å². The van der Waals surface area contributed by atoms with Gasteiger partial charge >= 0.3 is 0 Å². The summed E-state index contributed by atoms with van der Waals surface area (Å²) in [6, 6.07) is 0. The van der Waals surface area contributed by atoms with E-state index < -0.39 is 5.60 Å². The first kappa shape index (κ1) is 6.55. The molecular formula is C6H11NO2. The van der Waals surface area contributed by atoms with E-state index in [4.69, 9.17) is 5.41 Å². The van der Waals surface area contributed by atoms with Gasteiger partial charge in [-0.2, -0.15) is 0 Å². The molecule has 0 aromatic heterocycles. The minimum Gasteiger partial charge on any atom is -0.482 e. The minimum atomic E-state index is -0.908. The highest BCUT2D eigenvalue weighted by atomic mass is 16.5. The van der Waals surface area contributed by atoms with Gasteiger partial charge in [0.1, 0.15) is 5.60 Å². The summed E-state index contributed by atoms with van der Waals surface area (Å²) in [7, 11) is 1.42. The molecule has 0 atom stereocenters. The molecule has 52 valence electrons. The highest BCUT2D eigenvalue weighted by Gasteiger charge is 2.40. The van der Waals surface area contributed by atoms with Crippen LogP contribution in [0.2, 0.25) is 0 Å². The van der Waals surface area contributed by atoms with Crippen LogP contribution in [0, 0.1) is 5.41 Å². The van der Waals surface area contributed by atoms with E-state index in [-0.39, 0.29) is 5.90 Å². The Morgan fingerprint density at radius 3 is 2.33 bits per heavy atom. The van der Waals surface area contributed by atoms with Gasteiger partial charge in [-0.1, -0.05) is 0 Å². The van der Waals surface area contributed by atoms with Crippen molar-refractivity contribution in [3.63, 3.8) is 0 Å². The van der Waals surface area contributed by atoms with Crippen molar-refractivity contribution in [2.24, 2.45) is 0 Å². The minimum absolute atomic E-state index is 0.00810. The molecule has 1 aliphatic carbocycles. The molecule has 0 unspecified atom stereocenters. The van der Waals surface area contributed by atoms with E-state index in [1.807, 2.05) is 0 Å². The fourth-order valence-corrected chi connectivity index (χ4v) is 0.929. The number of rotatable bonds is 1. The molecule has 1 aliphatic rings. The molecule has 0 aliphatic heterocycles. The van der Waals surface area contributed by atoms with E-state index in [2.05, 4.69) is 4.74 Å². The average molecular weight is 129 g/mol. The van der Waals surface area contributed by atoms with Crippen LogP contribution in [0.1, 0.15) is 19.3 Å². The average Bonchev–Trinajstić information content (AvgIpc) is 1.81. The van der Waals surface area contributed by atoms with E-state index in [9.17, 15) is 5.11 Å². The molecule has 0 heterocycles. The van der Waals surface area contributed by atoms with Crippen LogP contribution < -0.4 is 0 Å². The van der Waals surface area contributed by atoms with Crippen LogP contribution in [-0.2, 0) is 4.74 Å². The summed E-state index contributed by atoms with van der Waals surface area (Å²) < 4.78 is 4.59.